The molecule has 0 aromatic heterocycles. The van der Waals surface area contributed by atoms with Crippen LogP contribution in [0.4, 0.5) is 0 Å². The molecule has 0 aliphatic carbocycles. The number of benzene rings is 1. The van der Waals surface area contributed by atoms with Crippen molar-refractivity contribution in [2.75, 3.05) is 13.1 Å². The van der Waals surface area contributed by atoms with Gasteiger partial charge in [0.2, 0.25) is 0 Å². The topological polar surface area (TPSA) is 49.4 Å². The van der Waals surface area contributed by atoms with Crippen LogP contribution in [0.2, 0.25) is 0 Å². The Morgan fingerprint density at radius 3 is 2.45 bits per heavy atom. The third-order valence-corrected chi connectivity index (χ3v) is 5.69. The van der Waals surface area contributed by atoms with E-state index in [1.807, 2.05) is 6.92 Å². The summed E-state index contributed by atoms with van der Waals surface area (Å²) in [5, 5.41) is 3.35. The van der Waals surface area contributed by atoms with E-state index in [9.17, 15) is 8.42 Å². The van der Waals surface area contributed by atoms with Crippen LogP contribution < -0.4 is 5.32 Å². The van der Waals surface area contributed by atoms with Crippen molar-refractivity contribution in [2.45, 2.75) is 37.5 Å². The number of hydrogen-bond acceptors (Lipinski definition) is 3. The standard InChI is InChI=1S/C14H20N2O2S2/c1-12-6-8-13(9-7-12)20(17,18)16-11-5-3-2-4-10-15-14(16)19/h6-9H,2-5,10-11H2,1H3,(H,15,19). The van der Waals surface area contributed by atoms with Gasteiger partial charge in [-0.3, -0.25) is 0 Å². The number of nitrogens with zero attached hydrogens (tertiary/aromatic N) is 1. The van der Waals surface area contributed by atoms with Crippen LogP contribution in [0.15, 0.2) is 29.2 Å². The van der Waals surface area contributed by atoms with Gasteiger partial charge in [0, 0.05) is 13.1 Å². The summed E-state index contributed by atoms with van der Waals surface area (Å²) in [6, 6.07) is 6.89. The highest BCUT2D eigenvalue weighted by molar-refractivity contribution is 7.91. The van der Waals surface area contributed by atoms with Gasteiger partial charge in [0.05, 0.1) is 4.90 Å². The van der Waals surface area contributed by atoms with Crippen molar-refractivity contribution >= 4 is 27.4 Å². The van der Waals surface area contributed by atoms with Crippen molar-refractivity contribution in [1.82, 2.24) is 9.62 Å². The van der Waals surface area contributed by atoms with Gasteiger partial charge in [-0.1, -0.05) is 30.5 Å². The van der Waals surface area contributed by atoms with Crippen molar-refractivity contribution < 1.29 is 8.42 Å². The summed E-state index contributed by atoms with van der Waals surface area (Å²) in [4.78, 5) is 0.298. The minimum Gasteiger partial charge on any atom is -0.362 e. The zero-order valence-electron chi connectivity index (χ0n) is 11.6. The molecule has 1 fully saturated rings. The summed E-state index contributed by atoms with van der Waals surface area (Å²) in [6.07, 6.45) is 4.00. The molecule has 0 unspecified atom stereocenters. The van der Waals surface area contributed by atoms with Gasteiger partial charge in [-0.05, 0) is 44.1 Å². The van der Waals surface area contributed by atoms with Crippen molar-refractivity contribution in [1.29, 1.82) is 0 Å². The fourth-order valence-corrected chi connectivity index (χ4v) is 4.06. The fourth-order valence-electron chi connectivity index (χ4n) is 2.19. The maximum Gasteiger partial charge on any atom is 0.266 e. The Morgan fingerprint density at radius 1 is 1.10 bits per heavy atom. The van der Waals surface area contributed by atoms with E-state index in [0.717, 1.165) is 37.8 Å². The molecule has 4 nitrogen and oxygen atoms in total. The minimum absolute atomic E-state index is 0.298. The van der Waals surface area contributed by atoms with E-state index in [0.29, 0.717) is 16.6 Å². The summed E-state index contributed by atoms with van der Waals surface area (Å²) < 4.78 is 26.7. The molecule has 1 aromatic carbocycles. The molecule has 0 spiro atoms. The third kappa shape index (κ3) is 3.49. The van der Waals surface area contributed by atoms with Crippen LogP contribution in [0.25, 0.3) is 0 Å². The molecule has 1 aliphatic rings. The van der Waals surface area contributed by atoms with Crippen LogP contribution in [0.3, 0.4) is 0 Å². The quantitative estimate of drug-likeness (QED) is 0.852. The van der Waals surface area contributed by atoms with Crippen LogP contribution in [-0.4, -0.2) is 30.9 Å². The molecule has 1 heterocycles. The van der Waals surface area contributed by atoms with E-state index in [2.05, 4.69) is 5.32 Å². The maximum absolute atomic E-state index is 12.7. The zero-order chi connectivity index (χ0) is 14.6. The first kappa shape index (κ1) is 15.3. The normalized spacial score (nSPS) is 17.9. The number of hydrogen-bond donors (Lipinski definition) is 1. The second kappa shape index (κ2) is 6.54. The average Bonchev–Trinajstić information content (AvgIpc) is 2.51. The van der Waals surface area contributed by atoms with E-state index in [4.69, 9.17) is 12.2 Å². The molecule has 0 atom stereocenters. The predicted octanol–water partition coefficient (Wildman–Crippen LogP) is 2.43. The lowest BCUT2D eigenvalue weighted by atomic mass is 10.2. The summed E-state index contributed by atoms with van der Waals surface area (Å²) >= 11 is 5.24. The van der Waals surface area contributed by atoms with E-state index in [1.54, 1.807) is 24.3 Å². The molecule has 6 heteroatoms. The maximum atomic E-state index is 12.7. The first-order valence-corrected chi connectivity index (χ1v) is 8.74. The molecule has 0 saturated carbocycles. The van der Waals surface area contributed by atoms with Crippen LogP contribution in [0.1, 0.15) is 31.2 Å². The van der Waals surface area contributed by atoms with E-state index in [1.165, 1.54) is 4.31 Å². The Balaban J connectivity index is 2.29. The molecular formula is C14H20N2O2S2. The summed E-state index contributed by atoms with van der Waals surface area (Å²) in [7, 11) is -3.55. The van der Waals surface area contributed by atoms with Crippen LogP contribution in [0.5, 0.6) is 0 Å². The zero-order valence-corrected chi connectivity index (χ0v) is 13.3. The smallest absolute Gasteiger partial charge is 0.266 e. The average molecular weight is 312 g/mol. The summed E-state index contributed by atoms with van der Waals surface area (Å²) in [6.45, 7) is 3.11. The van der Waals surface area contributed by atoms with Gasteiger partial charge in [-0.15, -0.1) is 0 Å². The number of aryl methyl sites for hydroxylation is 1. The van der Waals surface area contributed by atoms with Gasteiger partial charge >= 0.3 is 0 Å². The van der Waals surface area contributed by atoms with Gasteiger partial charge in [0.25, 0.3) is 10.0 Å². The van der Waals surface area contributed by atoms with Crippen LogP contribution in [-0.2, 0) is 10.0 Å². The molecular weight excluding hydrogens is 292 g/mol. The third-order valence-electron chi connectivity index (χ3n) is 3.40. The molecule has 20 heavy (non-hydrogen) atoms. The molecule has 110 valence electrons. The highest BCUT2D eigenvalue weighted by atomic mass is 32.2. The number of nitrogens with one attached hydrogen (secondary N) is 1. The first-order chi connectivity index (χ1) is 9.51. The highest BCUT2D eigenvalue weighted by Crippen LogP contribution is 2.18. The Kier molecular flexibility index (Phi) is 4.99. The number of sulfonamides is 1. The lowest BCUT2D eigenvalue weighted by Gasteiger charge is -2.24. The molecule has 0 radical (unpaired) electrons. The van der Waals surface area contributed by atoms with Gasteiger partial charge in [0.15, 0.2) is 5.11 Å². The monoisotopic (exact) mass is 312 g/mol. The summed E-state index contributed by atoms with van der Waals surface area (Å²) in [5.74, 6) is 0. The van der Waals surface area contributed by atoms with Gasteiger partial charge in [-0.2, -0.15) is 0 Å². The largest absolute Gasteiger partial charge is 0.362 e. The lowest BCUT2D eigenvalue weighted by Crippen LogP contribution is -2.43. The van der Waals surface area contributed by atoms with Gasteiger partial charge < -0.3 is 5.32 Å². The van der Waals surface area contributed by atoms with Gasteiger partial charge in [0.1, 0.15) is 0 Å². The van der Waals surface area contributed by atoms with Gasteiger partial charge in [-0.25, -0.2) is 12.7 Å². The Hall–Kier alpha value is -1.14. The van der Waals surface area contributed by atoms with E-state index < -0.39 is 10.0 Å². The van der Waals surface area contributed by atoms with E-state index in [-0.39, 0.29) is 0 Å². The van der Waals surface area contributed by atoms with Crippen molar-refractivity contribution in [3.05, 3.63) is 29.8 Å². The molecule has 0 amide bonds. The minimum atomic E-state index is -3.55. The number of rotatable bonds is 2. The predicted molar refractivity (Wildman–Crippen MR) is 84.1 cm³/mol. The second-order valence-corrected chi connectivity index (χ2v) is 7.29. The molecule has 0 bridgehead atoms. The molecule has 1 saturated heterocycles. The van der Waals surface area contributed by atoms with E-state index >= 15 is 0 Å². The van der Waals surface area contributed by atoms with Crippen molar-refractivity contribution in [3.8, 4) is 0 Å². The number of thiocarbonyl (C=S) groups is 1. The van der Waals surface area contributed by atoms with Crippen LogP contribution in [0, 0.1) is 6.92 Å². The Morgan fingerprint density at radius 2 is 1.75 bits per heavy atom. The fraction of sp³-hybridized carbons (Fsp3) is 0.500. The molecule has 1 aromatic rings. The van der Waals surface area contributed by atoms with Crippen molar-refractivity contribution in [2.24, 2.45) is 0 Å². The highest BCUT2D eigenvalue weighted by Gasteiger charge is 2.26. The Bertz CT molecular complexity index is 567. The first-order valence-electron chi connectivity index (χ1n) is 6.89. The second-order valence-electron chi connectivity index (χ2n) is 5.04. The summed E-state index contributed by atoms with van der Waals surface area (Å²) in [5.41, 5.74) is 1.04. The van der Waals surface area contributed by atoms with Crippen molar-refractivity contribution in [3.63, 3.8) is 0 Å². The lowest BCUT2D eigenvalue weighted by molar-refractivity contribution is 0.505. The Labute approximate surface area is 126 Å². The molecule has 1 N–H and O–H groups in total. The SMILES string of the molecule is Cc1ccc(S(=O)(=O)N2CCCCCCNC2=S)cc1. The molecule has 2 rings (SSSR count). The molecule has 1 aliphatic heterocycles. The van der Waals surface area contributed by atoms with Crippen LogP contribution >= 0.6 is 12.2 Å².